The zero-order valence-corrected chi connectivity index (χ0v) is 17.5. The summed E-state index contributed by atoms with van der Waals surface area (Å²) in [5.41, 5.74) is 1.42. The Kier molecular flexibility index (Phi) is 6.97. The second-order valence-electron chi connectivity index (χ2n) is 6.91. The number of allylic oxidation sites excluding steroid dienone is 6. The van der Waals surface area contributed by atoms with Gasteiger partial charge in [0.05, 0.1) is 11.4 Å². The largest absolute Gasteiger partial charge is 0.337 e. The summed E-state index contributed by atoms with van der Waals surface area (Å²) in [5, 5.41) is 5.65. The van der Waals surface area contributed by atoms with Gasteiger partial charge in [0.1, 0.15) is 11.6 Å². The number of nitrogens with one attached hydrogen (secondary N) is 2. The van der Waals surface area contributed by atoms with Crippen LogP contribution in [0, 0.1) is 0 Å². The lowest BCUT2D eigenvalue weighted by Gasteiger charge is -2.12. The zero-order valence-electron chi connectivity index (χ0n) is 17.5. The van der Waals surface area contributed by atoms with E-state index in [1.54, 1.807) is 62.6 Å². The summed E-state index contributed by atoms with van der Waals surface area (Å²) >= 11 is 0. The minimum absolute atomic E-state index is 0.155. The van der Waals surface area contributed by atoms with Crippen LogP contribution in [0.1, 0.15) is 13.8 Å². The molecular weight excluding hydrogens is 408 g/mol. The fraction of sp³-hybridized carbons (Fsp3) is 0.0833. The Morgan fingerprint density at radius 2 is 1.22 bits per heavy atom. The molecule has 2 aliphatic rings. The van der Waals surface area contributed by atoms with Crippen LogP contribution < -0.4 is 10.6 Å². The van der Waals surface area contributed by atoms with E-state index in [1.807, 2.05) is 0 Å². The predicted molar refractivity (Wildman–Crippen MR) is 119 cm³/mol. The van der Waals surface area contributed by atoms with Crippen molar-refractivity contribution in [3.05, 3.63) is 95.6 Å². The molecule has 160 valence electrons. The van der Waals surface area contributed by atoms with Gasteiger partial charge in [-0.25, -0.2) is 9.97 Å². The number of nitrogens with zero attached hydrogens (tertiary/aromatic N) is 2. The fourth-order valence-electron chi connectivity index (χ4n) is 2.74. The molecule has 8 heteroatoms. The summed E-state index contributed by atoms with van der Waals surface area (Å²) in [4.78, 5) is 53.9. The summed E-state index contributed by atoms with van der Waals surface area (Å²) in [6, 6.07) is 10.6. The highest BCUT2D eigenvalue weighted by Crippen LogP contribution is 2.15. The summed E-state index contributed by atoms with van der Waals surface area (Å²) in [7, 11) is 0. The van der Waals surface area contributed by atoms with Gasteiger partial charge in [0, 0.05) is 35.7 Å². The predicted octanol–water partition coefficient (Wildman–Crippen LogP) is 2.95. The number of hydrogen-bond donors (Lipinski definition) is 2. The highest BCUT2D eigenvalue weighted by atomic mass is 16.1. The van der Waals surface area contributed by atoms with Crippen molar-refractivity contribution < 1.29 is 19.2 Å². The standard InChI is InChI=1S/2C12H10N2O2/c1-8-6-11(16)9(7-10(8)15)14-12-4-2-3-5-13-12;1-8-6-9(15)7-10(12(8)16)14-11-4-2-3-5-13-11/h2*2-7H,1H3,(H,13,14). The van der Waals surface area contributed by atoms with Crippen LogP contribution in [0.5, 0.6) is 0 Å². The average molecular weight is 428 g/mol. The summed E-state index contributed by atoms with van der Waals surface area (Å²) in [6.45, 7) is 3.24. The average Bonchev–Trinajstić information content (AvgIpc) is 2.77. The van der Waals surface area contributed by atoms with Crippen molar-refractivity contribution in [2.75, 3.05) is 10.6 Å². The van der Waals surface area contributed by atoms with Gasteiger partial charge >= 0.3 is 0 Å². The third-order valence-electron chi connectivity index (χ3n) is 4.38. The third kappa shape index (κ3) is 5.79. The molecule has 2 aliphatic carbocycles. The molecule has 0 radical (unpaired) electrons. The Morgan fingerprint density at radius 3 is 1.78 bits per heavy atom. The van der Waals surface area contributed by atoms with Gasteiger partial charge < -0.3 is 10.6 Å². The van der Waals surface area contributed by atoms with E-state index in [-0.39, 0.29) is 34.5 Å². The number of ketones is 4. The monoisotopic (exact) mass is 428 g/mol. The number of Topliss-reactive ketones (excluding diaryl/α,β-unsaturated/α-hetero) is 1. The van der Waals surface area contributed by atoms with Crippen molar-refractivity contribution in [1.29, 1.82) is 0 Å². The Balaban J connectivity index is 0.000000181. The molecule has 0 fully saturated rings. The maximum Gasteiger partial charge on any atom is 0.205 e. The van der Waals surface area contributed by atoms with E-state index >= 15 is 0 Å². The molecular formula is C24H20N4O4. The van der Waals surface area contributed by atoms with Gasteiger partial charge in [0.15, 0.2) is 11.6 Å². The lowest BCUT2D eigenvalue weighted by Crippen LogP contribution is -2.18. The third-order valence-corrected chi connectivity index (χ3v) is 4.38. The zero-order chi connectivity index (χ0) is 23.1. The smallest absolute Gasteiger partial charge is 0.205 e. The summed E-state index contributed by atoms with van der Waals surface area (Å²) < 4.78 is 0. The number of aromatic nitrogens is 2. The van der Waals surface area contributed by atoms with Gasteiger partial charge in [-0.1, -0.05) is 12.1 Å². The van der Waals surface area contributed by atoms with Crippen LogP contribution in [0.25, 0.3) is 0 Å². The molecule has 2 heterocycles. The summed E-state index contributed by atoms with van der Waals surface area (Å²) in [5.74, 6) is 0.369. The van der Waals surface area contributed by atoms with E-state index < -0.39 is 0 Å². The SMILES string of the molecule is CC1=CC(=O)C(Nc2ccccn2)=CC1=O.CC1=CC(=O)C=C(Nc2ccccn2)C1=O. The molecule has 4 rings (SSSR count). The van der Waals surface area contributed by atoms with Crippen molar-refractivity contribution in [2.45, 2.75) is 13.8 Å². The Hall–Kier alpha value is -4.46. The molecule has 2 aromatic rings. The van der Waals surface area contributed by atoms with Gasteiger partial charge in [-0.2, -0.15) is 0 Å². The van der Waals surface area contributed by atoms with Gasteiger partial charge in [-0.3, -0.25) is 19.2 Å². The highest BCUT2D eigenvalue weighted by Gasteiger charge is 2.19. The molecule has 0 spiro atoms. The number of rotatable bonds is 4. The number of carbonyl (C=O) groups excluding carboxylic acids is 4. The number of anilines is 2. The molecule has 0 atom stereocenters. The molecule has 2 aromatic heterocycles. The summed E-state index contributed by atoms with van der Waals surface area (Å²) in [6.07, 6.45) is 8.45. The molecule has 32 heavy (non-hydrogen) atoms. The quantitative estimate of drug-likeness (QED) is 0.714. The molecule has 0 unspecified atom stereocenters. The van der Waals surface area contributed by atoms with Crippen LogP contribution in [0.2, 0.25) is 0 Å². The topological polar surface area (TPSA) is 118 Å². The number of pyridine rings is 2. The van der Waals surface area contributed by atoms with Gasteiger partial charge in [0.25, 0.3) is 0 Å². The van der Waals surface area contributed by atoms with Crippen molar-refractivity contribution in [2.24, 2.45) is 0 Å². The first-order chi connectivity index (χ1) is 15.3. The van der Waals surface area contributed by atoms with E-state index in [9.17, 15) is 19.2 Å². The van der Waals surface area contributed by atoms with Gasteiger partial charge in [0.2, 0.25) is 11.6 Å². The van der Waals surface area contributed by atoms with Crippen LogP contribution in [-0.4, -0.2) is 33.1 Å². The van der Waals surface area contributed by atoms with Crippen molar-refractivity contribution >= 4 is 34.8 Å². The lowest BCUT2D eigenvalue weighted by molar-refractivity contribution is -0.115. The molecule has 0 bridgehead atoms. The maximum absolute atomic E-state index is 11.7. The second kappa shape index (κ2) is 10.0. The Morgan fingerprint density at radius 1 is 0.625 bits per heavy atom. The van der Waals surface area contributed by atoms with Crippen LogP contribution >= 0.6 is 0 Å². The lowest BCUT2D eigenvalue weighted by atomic mass is 10.0. The van der Waals surface area contributed by atoms with Crippen molar-refractivity contribution in [3.63, 3.8) is 0 Å². The molecule has 0 saturated heterocycles. The van der Waals surface area contributed by atoms with Crippen molar-refractivity contribution in [3.8, 4) is 0 Å². The van der Waals surface area contributed by atoms with E-state index in [0.717, 1.165) is 0 Å². The van der Waals surface area contributed by atoms with Crippen LogP contribution in [0.3, 0.4) is 0 Å². The first kappa shape index (κ1) is 22.2. The normalized spacial score (nSPS) is 15.6. The number of carbonyl (C=O) groups is 4. The van der Waals surface area contributed by atoms with Crippen LogP contribution in [0.4, 0.5) is 11.6 Å². The van der Waals surface area contributed by atoms with E-state index in [1.165, 1.54) is 24.3 Å². The minimum atomic E-state index is -0.206. The second-order valence-corrected chi connectivity index (χ2v) is 6.91. The van der Waals surface area contributed by atoms with E-state index in [4.69, 9.17) is 0 Å². The van der Waals surface area contributed by atoms with E-state index in [2.05, 4.69) is 20.6 Å². The Labute approximate surface area is 184 Å². The highest BCUT2D eigenvalue weighted by molar-refractivity contribution is 6.21. The molecule has 2 N–H and O–H groups in total. The molecule has 0 aromatic carbocycles. The van der Waals surface area contributed by atoms with Crippen LogP contribution in [0.15, 0.2) is 95.6 Å². The molecule has 0 aliphatic heterocycles. The minimum Gasteiger partial charge on any atom is -0.337 e. The number of hydrogen-bond acceptors (Lipinski definition) is 8. The first-order valence-electron chi connectivity index (χ1n) is 9.67. The molecule has 0 saturated carbocycles. The fourth-order valence-corrected chi connectivity index (χ4v) is 2.74. The van der Waals surface area contributed by atoms with Crippen LogP contribution in [-0.2, 0) is 19.2 Å². The maximum atomic E-state index is 11.7. The molecule has 0 amide bonds. The van der Waals surface area contributed by atoms with Gasteiger partial charge in [-0.15, -0.1) is 0 Å². The van der Waals surface area contributed by atoms with Crippen molar-refractivity contribution in [1.82, 2.24) is 9.97 Å². The molecule has 8 nitrogen and oxygen atoms in total. The van der Waals surface area contributed by atoms with Gasteiger partial charge in [-0.05, 0) is 50.3 Å². The Bertz CT molecular complexity index is 1190. The van der Waals surface area contributed by atoms with E-state index in [0.29, 0.717) is 22.8 Å². The first-order valence-corrected chi connectivity index (χ1v) is 9.67.